The molecule has 0 aliphatic rings. The van der Waals surface area contributed by atoms with Crippen LogP contribution in [0.1, 0.15) is 30.1 Å². The highest BCUT2D eigenvalue weighted by Gasteiger charge is 2.26. The lowest BCUT2D eigenvalue weighted by Gasteiger charge is -2.24. The van der Waals surface area contributed by atoms with E-state index < -0.39 is 5.91 Å². The number of hydrogen-bond donors (Lipinski definition) is 3. The Morgan fingerprint density at radius 2 is 1.91 bits per heavy atom. The molecule has 5 nitrogen and oxygen atoms in total. The summed E-state index contributed by atoms with van der Waals surface area (Å²) in [6.45, 7) is 2.94. The first-order valence-electron chi connectivity index (χ1n) is 11.0. The molecule has 4 rings (SSSR count). The van der Waals surface area contributed by atoms with Crippen molar-refractivity contribution in [3.8, 4) is 16.3 Å². The maximum Gasteiger partial charge on any atom is 0.268 e. The van der Waals surface area contributed by atoms with E-state index in [1.54, 1.807) is 12.1 Å². The van der Waals surface area contributed by atoms with Crippen molar-refractivity contribution in [1.29, 1.82) is 0 Å². The second kappa shape index (κ2) is 11.2. The minimum absolute atomic E-state index is 0.0183. The monoisotopic (exact) mass is 555 g/mol. The van der Waals surface area contributed by atoms with Gasteiger partial charge in [0.05, 0.1) is 15.9 Å². The maximum atomic E-state index is 13.7. The largest absolute Gasteiger partial charge is 0.508 e. The summed E-state index contributed by atoms with van der Waals surface area (Å²) in [4.78, 5) is 18.5. The van der Waals surface area contributed by atoms with E-state index in [9.17, 15) is 9.90 Å². The third-order valence-corrected chi connectivity index (χ3v) is 9.23. The van der Waals surface area contributed by atoms with Crippen LogP contribution in [0.4, 0.5) is 11.4 Å². The lowest BCUT2D eigenvalue weighted by atomic mass is 9.88. The molecular formula is C24H25BN3O2P3S2. The molecule has 0 spiro atoms. The minimum Gasteiger partial charge on any atom is -0.508 e. The fourth-order valence-corrected chi connectivity index (χ4v) is 6.38. The van der Waals surface area contributed by atoms with Crippen LogP contribution in [0.5, 0.6) is 5.75 Å². The number of carbonyl (C=O) groups excluding carboxylic acids is 1. The van der Waals surface area contributed by atoms with Crippen molar-refractivity contribution in [2.24, 2.45) is 0 Å². The molecule has 1 amide bonds. The molecule has 35 heavy (non-hydrogen) atoms. The van der Waals surface area contributed by atoms with Crippen LogP contribution in [0, 0.1) is 0 Å². The molecule has 0 bridgehead atoms. The maximum absolute atomic E-state index is 13.7. The van der Waals surface area contributed by atoms with Crippen molar-refractivity contribution in [3.05, 3.63) is 48.0 Å². The van der Waals surface area contributed by atoms with Gasteiger partial charge in [0.1, 0.15) is 18.6 Å². The van der Waals surface area contributed by atoms with Crippen molar-refractivity contribution >= 4 is 109 Å². The fourth-order valence-electron chi connectivity index (χ4n) is 3.72. The SMILES string of the molecule is [B]c1c(P)c(NCCCC)c(P)c(P)c1C(=O)N(S)c1cc(O)ccc1-c1nc2ccccc2s1. The quantitative estimate of drug-likeness (QED) is 0.141. The molecule has 0 aliphatic heterocycles. The number of fused-ring (bicyclic) bond motifs is 1. The average molecular weight is 555 g/mol. The third-order valence-electron chi connectivity index (χ3n) is 5.63. The summed E-state index contributed by atoms with van der Waals surface area (Å²) in [6.07, 6.45) is 2.10. The van der Waals surface area contributed by atoms with E-state index in [2.05, 4.69) is 52.8 Å². The third kappa shape index (κ3) is 5.24. The molecule has 3 atom stereocenters. The number of hydrogen-bond acceptors (Lipinski definition) is 6. The molecule has 4 aromatic rings. The van der Waals surface area contributed by atoms with Gasteiger partial charge in [0, 0.05) is 34.7 Å². The van der Waals surface area contributed by atoms with Crippen LogP contribution in [-0.4, -0.2) is 30.4 Å². The van der Waals surface area contributed by atoms with Crippen molar-refractivity contribution in [3.63, 3.8) is 0 Å². The zero-order valence-electron chi connectivity index (χ0n) is 19.1. The molecule has 0 aliphatic carbocycles. The second-order valence-electron chi connectivity index (χ2n) is 7.99. The average Bonchev–Trinajstić information content (AvgIpc) is 3.28. The molecule has 2 radical (unpaired) electrons. The molecule has 178 valence electrons. The molecule has 11 heteroatoms. The van der Waals surface area contributed by atoms with Crippen LogP contribution >= 0.6 is 51.9 Å². The van der Waals surface area contributed by atoms with Gasteiger partial charge < -0.3 is 10.4 Å². The Morgan fingerprint density at radius 1 is 1.17 bits per heavy atom. The van der Waals surface area contributed by atoms with E-state index >= 15 is 0 Å². The van der Waals surface area contributed by atoms with Gasteiger partial charge in [-0.3, -0.25) is 9.10 Å². The number of phenolic OH excluding ortho intramolecular Hbond substituents is 1. The predicted octanol–water partition coefficient (Wildman–Crippen LogP) is 3.67. The fraction of sp³-hybridized carbons (Fsp3) is 0.167. The molecule has 3 aromatic carbocycles. The number of carbonyl (C=O) groups is 1. The number of rotatable bonds is 7. The topological polar surface area (TPSA) is 65.5 Å². The van der Waals surface area contributed by atoms with Gasteiger partial charge >= 0.3 is 0 Å². The van der Waals surface area contributed by atoms with E-state index in [0.717, 1.165) is 50.9 Å². The number of thiazole rings is 1. The van der Waals surface area contributed by atoms with Crippen molar-refractivity contribution in [2.75, 3.05) is 16.2 Å². The molecule has 1 heterocycles. The Kier molecular flexibility index (Phi) is 8.41. The number of anilines is 2. The van der Waals surface area contributed by atoms with E-state index in [0.29, 0.717) is 27.6 Å². The van der Waals surface area contributed by atoms with Crippen LogP contribution in [0.3, 0.4) is 0 Å². The lowest BCUT2D eigenvalue weighted by molar-refractivity contribution is 0.101. The van der Waals surface area contributed by atoms with Gasteiger partial charge in [-0.15, -0.1) is 39.1 Å². The van der Waals surface area contributed by atoms with E-state index in [4.69, 9.17) is 12.8 Å². The molecule has 2 N–H and O–H groups in total. The highest BCUT2D eigenvalue weighted by molar-refractivity contribution is 7.82. The minimum atomic E-state index is -0.406. The Hall–Kier alpha value is -1.68. The van der Waals surface area contributed by atoms with Gasteiger partial charge in [0.25, 0.3) is 5.91 Å². The summed E-state index contributed by atoms with van der Waals surface area (Å²) in [5.74, 6) is -0.388. The lowest BCUT2D eigenvalue weighted by Crippen LogP contribution is -2.43. The second-order valence-corrected chi connectivity index (χ2v) is 11.2. The van der Waals surface area contributed by atoms with E-state index in [-0.39, 0.29) is 5.75 Å². The number of thiol groups is 1. The van der Waals surface area contributed by atoms with E-state index in [1.165, 1.54) is 21.7 Å². The number of nitrogens with zero attached hydrogens (tertiary/aromatic N) is 2. The first-order chi connectivity index (χ1) is 16.7. The van der Waals surface area contributed by atoms with Crippen LogP contribution in [-0.2, 0) is 0 Å². The Bertz CT molecular complexity index is 1370. The summed E-state index contributed by atoms with van der Waals surface area (Å²) in [5, 5.41) is 16.6. The van der Waals surface area contributed by atoms with Crippen LogP contribution < -0.4 is 31.0 Å². The molecule has 1 aromatic heterocycles. The van der Waals surface area contributed by atoms with Crippen LogP contribution in [0.15, 0.2) is 42.5 Å². The number of unbranched alkanes of at least 4 members (excludes halogenated alkanes) is 1. The number of nitrogens with one attached hydrogen (secondary N) is 1. The molecule has 3 unspecified atom stereocenters. The molecule has 0 saturated carbocycles. The van der Waals surface area contributed by atoms with Gasteiger partial charge in [-0.1, -0.05) is 43.8 Å². The van der Waals surface area contributed by atoms with Gasteiger partial charge in [-0.2, -0.15) is 0 Å². The van der Waals surface area contributed by atoms with Gasteiger partial charge in [-0.25, -0.2) is 4.98 Å². The smallest absolute Gasteiger partial charge is 0.268 e. The number of phenols is 1. The highest BCUT2D eigenvalue weighted by atomic mass is 32.1. The summed E-state index contributed by atoms with van der Waals surface area (Å²) in [6, 6.07) is 12.7. The number of amides is 1. The Labute approximate surface area is 223 Å². The number of para-hydroxylation sites is 1. The normalized spacial score (nSPS) is 11.1. The zero-order chi connectivity index (χ0) is 25.3. The van der Waals surface area contributed by atoms with Gasteiger partial charge in [0.15, 0.2) is 0 Å². The standard InChI is InChI=1S/C24H25BN3O2P3S2/c1-2-3-10-26-19-21(32)18(25)17(20(31)22(19)33)24(30)28(34)15-11-12(29)8-9-13(15)23-27-14-6-4-5-7-16(14)35-23/h4-9,11,26,29,34H,2-3,10,31-33H2,1H3. The van der Waals surface area contributed by atoms with Gasteiger partial charge in [-0.05, 0) is 41.3 Å². The highest BCUT2D eigenvalue weighted by Crippen LogP contribution is 2.39. The molecule has 0 fully saturated rings. The van der Waals surface area contributed by atoms with Crippen molar-refractivity contribution in [2.45, 2.75) is 19.8 Å². The molecule has 0 saturated heterocycles. The summed E-state index contributed by atoms with van der Waals surface area (Å²) in [7, 11) is 14.5. The summed E-state index contributed by atoms with van der Waals surface area (Å²) >= 11 is 6.08. The first-order valence-corrected chi connectivity index (χ1v) is 13.9. The Morgan fingerprint density at radius 3 is 2.63 bits per heavy atom. The summed E-state index contributed by atoms with van der Waals surface area (Å²) in [5.41, 5.74) is 3.54. The zero-order valence-corrected chi connectivity index (χ0v) is 24.3. The number of aromatic hydroxyl groups is 1. The first kappa shape index (κ1) is 26.4. The number of benzene rings is 3. The van der Waals surface area contributed by atoms with Crippen LogP contribution in [0.2, 0.25) is 0 Å². The molecular weight excluding hydrogens is 530 g/mol. The summed E-state index contributed by atoms with van der Waals surface area (Å²) < 4.78 is 2.25. The van der Waals surface area contributed by atoms with Crippen molar-refractivity contribution in [1.82, 2.24) is 4.98 Å². The van der Waals surface area contributed by atoms with E-state index in [1.807, 2.05) is 24.3 Å². The van der Waals surface area contributed by atoms with Gasteiger partial charge in [0.2, 0.25) is 0 Å². The number of aromatic nitrogens is 1. The Balaban J connectivity index is 1.77. The van der Waals surface area contributed by atoms with Crippen molar-refractivity contribution < 1.29 is 9.90 Å². The van der Waals surface area contributed by atoms with Crippen LogP contribution in [0.25, 0.3) is 20.8 Å². The predicted molar refractivity (Wildman–Crippen MR) is 166 cm³/mol.